The van der Waals surface area contributed by atoms with E-state index in [1.165, 1.54) is 0 Å². The number of carbonyl (C=O) groups excluding carboxylic acids is 1. The summed E-state index contributed by atoms with van der Waals surface area (Å²) in [5.74, 6) is -0.764. The lowest BCUT2D eigenvalue weighted by Crippen LogP contribution is -2.41. The summed E-state index contributed by atoms with van der Waals surface area (Å²) in [5, 5.41) is 12.4. The summed E-state index contributed by atoms with van der Waals surface area (Å²) < 4.78 is 0. The van der Waals surface area contributed by atoms with E-state index >= 15 is 0 Å². The minimum atomic E-state index is -0.767. The van der Waals surface area contributed by atoms with Crippen LogP contribution in [0.4, 0.5) is 0 Å². The molecule has 1 unspecified atom stereocenters. The Balaban J connectivity index is 2.58. The van der Waals surface area contributed by atoms with Gasteiger partial charge in [0.05, 0.1) is 12.0 Å². The van der Waals surface area contributed by atoms with Crippen molar-refractivity contribution in [1.29, 1.82) is 0 Å². The molecule has 0 radical (unpaired) electrons. The number of rotatable bonds is 6. The quantitative estimate of drug-likeness (QED) is 0.746. The topological polar surface area (TPSA) is 69.6 Å². The van der Waals surface area contributed by atoms with Crippen molar-refractivity contribution in [3.8, 4) is 0 Å². The van der Waals surface area contributed by atoms with Gasteiger partial charge in [-0.15, -0.1) is 0 Å². The van der Waals surface area contributed by atoms with Crippen LogP contribution >= 0.6 is 0 Å². The number of likely N-dealkylation sites (tertiary alicyclic amines) is 1. The van der Waals surface area contributed by atoms with Gasteiger partial charge in [0.2, 0.25) is 5.91 Å². The van der Waals surface area contributed by atoms with Gasteiger partial charge in [0, 0.05) is 19.1 Å². The van der Waals surface area contributed by atoms with Gasteiger partial charge < -0.3 is 15.3 Å². The van der Waals surface area contributed by atoms with Gasteiger partial charge in [-0.1, -0.05) is 27.2 Å². The zero-order valence-corrected chi connectivity index (χ0v) is 11.5. The number of carboxylic acids is 1. The summed E-state index contributed by atoms with van der Waals surface area (Å²) in [6, 6.07) is 0.261. The molecule has 1 atom stereocenters. The van der Waals surface area contributed by atoms with Crippen molar-refractivity contribution >= 4 is 11.9 Å². The number of nitrogens with zero attached hydrogens (tertiary/aromatic N) is 1. The van der Waals surface area contributed by atoms with E-state index < -0.39 is 11.4 Å². The van der Waals surface area contributed by atoms with Crippen molar-refractivity contribution in [1.82, 2.24) is 10.2 Å². The Morgan fingerprint density at radius 1 is 1.44 bits per heavy atom. The average Bonchev–Trinajstić information content (AvgIpc) is 2.72. The van der Waals surface area contributed by atoms with Gasteiger partial charge in [-0.05, 0) is 12.8 Å². The van der Waals surface area contributed by atoms with Crippen molar-refractivity contribution < 1.29 is 14.7 Å². The smallest absolute Gasteiger partial charge is 0.311 e. The Labute approximate surface area is 109 Å². The molecule has 0 aromatic rings. The van der Waals surface area contributed by atoms with Crippen molar-refractivity contribution in [2.45, 2.75) is 46.1 Å². The molecule has 104 valence electrons. The summed E-state index contributed by atoms with van der Waals surface area (Å²) in [6.45, 7) is 7.15. The molecule has 1 rings (SSSR count). The van der Waals surface area contributed by atoms with Crippen LogP contribution in [0.2, 0.25) is 0 Å². The van der Waals surface area contributed by atoms with Crippen LogP contribution in [-0.2, 0) is 9.59 Å². The number of hydrogen-bond acceptors (Lipinski definition) is 3. The standard InChI is InChI=1S/C13H24N2O3/c1-4-5-13(12(17)18)6-7-15(9-13)11(16)8-14-10(2)3/h10,14H,4-9H2,1-3H3,(H,17,18). The highest BCUT2D eigenvalue weighted by Crippen LogP contribution is 2.35. The molecule has 1 fully saturated rings. The van der Waals surface area contributed by atoms with Gasteiger partial charge in [-0.25, -0.2) is 0 Å². The molecule has 1 aliphatic rings. The van der Waals surface area contributed by atoms with Crippen molar-refractivity contribution in [2.75, 3.05) is 19.6 Å². The number of hydrogen-bond donors (Lipinski definition) is 2. The van der Waals surface area contributed by atoms with Gasteiger partial charge in [-0.2, -0.15) is 0 Å². The highest BCUT2D eigenvalue weighted by molar-refractivity contribution is 5.81. The third-order valence-electron chi connectivity index (χ3n) is 3.55. The van der Waals surface area contributed by atoms with E-state index in [9.17, 15) is 14.7 Å². The van der Waals surface area contributed by atoms with Crippen LogP contribution in [0.1, 0.15) is 40.0 Å². The van der Waals surface area contributed by atoms with Crippen LogP contribution < -0.4 is 5.32 Å². The lowest BCUT2D eigenvalue weighted by atomic mass is 9.83. The highest BCUT2D eigenvalue weighted by atomic mass is 16.4. The molecule has 1 aliphatic heterocycles. The first kappa shape index (κ1) is 15.0. The van der Waals surface area contributed by atoms with Crippen LogP contribution in [0, 0.1) is 5.41 Å². The Morgan fingerprint density at radius 3 is 2.61 bits per heavy atom. The molecule has 0 aromatic heterocycles. The summed E-state index contributed by atoms with van der Waals surface area (Å²) in [7, 11) is 0. The number of nitrogens with one attached hydrogen (secondary N) is 1. The third kappa shape index (κ3) is 3.45. The molecule has 2 N–H and O–H groups in total. The Morgan fingerprint density at radius 2 is 2.11 bits per heavy atom. The average molecular weight is 256 g/mol. The minimum Gasteiger partial charge on any atom is -0.481 e. The lowest BCUT2D eigenvalue weighted by Gasteiger charge is -2.24. The fraction of sp³-hybridized carbons (Fsp3) is 0.846. The molecule has 18 heavy (non-hydrogen) atoms. The van der Waals surface area contributed by atoms with E-state index in [1.807, 2.05) is 20.8 Å². The van der Waals surface area contributed by atoms with Crippen LogP contribution in [-0.4, -0.2) is 47.6 Å². The largest absolute Gasteiger partial charge is 0.481 e. The second kappa shape index (κ2) is 6.18. The monoisotopic (exact) mass is 256 g/mol. The first-order valence-electron chi connectivity index (χ1n) is 6.66. The van der Waals surface area contributed by atoms with Crippen molar-refractivity contribution in [3.05, 3.63) is 0 Å². The second-order valence-electron chi connectivity index (χ2n) is 5.44. The SMILES string of the molecule is CCCC1(C(=O)O)CCN(C(=O)CNC(C)C)C1. The van der Waals surface area contributed by atoms with Crippen molar-refractivity contribution in [3.63, 3.8) is 0 Å². The van der Waals surface area contributed by atoms with Crippen LogP contribution in [0.3, 0.4) is 0 Å². The molecule has 1 saturated heterocycles. The second-order valence-corrected chi connectivity index (χ2v) is 5.44. The Bertz CT molecular complexity index is 317. The summed E-state index contributed by atoms with van der Waals surface area (Å²) in [5.41, 5.74) is -0.720. The molecule has 0 spiro atoms. The molecule has 1 amide bonds. The fourth-order valence-corrected chi connectivity index (χ4v) is 2.45. The summed E-state index contributed by atoms with van der Waals surface area (Å²) in [6.07, 6.45) is 2.05. The fourth-order valence-electron chi connectivity index (χ4n) is 2.45. The molecule has 0 aromatic carbocycles. The van der Waals surface area contributed by atoms with Crippen LogP contribution in [0.25, 0.3) is 0 Å². The van der Waals surface area contributed by atoms with E-state index in [4.69, 9.17) is 0 Å². The maximum atomic E-state index is 11.9. The predicted octanol–water partition coefficient (Wildman–Crippen LogP) is 1.09. The molecule has 5 nitrogen and oxygen atoms in total. The lowest BCUT2D eigenvalue weighted by molar-refractivity contribution is -0.149. The van der Waals surface area contributed by atoms with Gasteiger partial charge in [0.15, 0.2) is 0 Å². The van der Waals surface area contributed by atoms with E-state index in [0.717, 1.165) is 6.42 Å². The van der Waals surface area contributed by atoms with Gasteiger partial charge in [-0.3, -0.25) is 9.59 Å². The van der Waals surface area contributed by atoms with E-state index in [1.54, 1.807) is 4.90 Å². The number of aliphatic carboxylic acids is 1. The summed E-state index contributed by atoms with van der Waals surface area (Å²) >= 11 is 0. The van der Waals surface area contributed by atoms with Gasteiger partial charge >= 0.3 is 5.97 Å². The van der Waals surface area contributed by atoms with E-state index in [0.29, 0.717) is 32.5 Å². The minimum absolute atomic E-state index is 0.00271. The molecule has 5 heteroatoms. The Hall–Kier alpha value is -1.10. The van der Waals surface area contributed by atoms with Gasteiger partial charge in [0.25, 0.3) is 0 Å². The zero-order valence-electron chi connectivity index (χ0n) is 11.5. The number of amides is 1. The molecule has 1 heterocycles. The zero-order chi connectivity index (χ0) is 13.8. The van der Waals surface area contributed by atoms with Gasteiger partial charge in [0.1, 0.15) is 0 Å². The maximum absolute atomic E-state index is 11.9. The third-order valence-corrected chi connectivity index (χ3v) is 3.55. The van der Waals surface area contributed by atoms with Crippen molar-refractivity contribution in [2.24, 2.45) is 5.41 Å². The number of carboxylic acid groups (broad SMARTS) is 1. The molecule has 0 bridgehead atoms. The molecular weight excluding hydrogens is 232 g/mol. The highest BCUT2D eigenvalue weighted by Gasteiger charge is 2.45. The van der Waals surface area contributed by atoms with Crippen LogP contribution in [0.15, 0.2) is 0 Å². The molecular formula is C13H24N2O3. The van der Waals surface area contributed by atoms with E-state index in [2.05, 4.69) is 5.32 Å². The normalized spacial score (nSPS) is 23.7. The predicted molar refractivity (Wildman–Crippen MR) is 69.3 cm³/mol. The molecule has 0 aliphatic carbocycles. The first-order chi connectivity index (χ1) is 8.41. The van der Waals surface area contributed by atoms with Crippen LogP contribution in [0.5, 0.6) is 0 Å². The molecule has 0 saturated carbocycles. The first-order valence-corrected chi connectivity index (χ1v) is 6.66. The van der Waals surface area contributed by atoms with E-state index in [-0.39, 0.29) is 11.9 Å². The Kier molecular flexibility index (Phi) is 5.14. The maximum Gasteiger partial charge on any atom is 0.311 e. The summed E-state index contributed by atoms with van der Waals surface area (Å²) in [4.78, 5) is 25.0. The number of carbonyl (C=O) groups is 2.